The average molecular weight is 492 g/mol. The van der Waals surface area contributed by atoms with E-state index in [4.69, 9.17) is 4.74 Å². The number of nitrogens with zero attached hydrogens (tertiary/aromatic N) is 1. The van der Waals surface area contributed by atoms with Gasteiger partial charge in [0, 0.05) is 11.6 Å². The van der Waals surface area contributed by atoms with Crippen LogP contribution in [0.25, 0.3) is 0 Å². The highest BCUT2D eigenvalue weighted by molar-refractivity contribution is 5.92. The van der Waals surface area contributed by atoms with E-state index in [-0.39, 0.29) is 17.7 Å². The first-order valence-electron chi connectivity index (χ1n) is 12.5. The van der Waals surface area contributed by atoms with E-state index in [0.29, 0.717) is 17.5 Å². The van der Waals surface area contributed by atoms with Crippen LogP contribution in [0.3, 0.4) is 0 Å². The number of phenols is 1. The standard InChI is InChI=1S/C27H45N3O5/c1-11-13-18(4)28-23(32)22(20-14-15-21(31)17(3)16-20)30(27(9,10)12-2)24(33)19(5)29-25(34)35-26(6,7)8/h14-16,18-19,22,31H,11-13H2,1-10H3,(H,28,32)(H,29,34). The van der Waals surface area contributed by atoms with Gasteiger partial charge in [-0.25, -0.2) is 4.79 Å². The molecule has 3 unspecified atom stereocenters. The molecule has 3 amide bonds. The van der Waals surface area contributed by atoms with Crippen molar-refractivity contribution >= 4 is 17.9 Å². The summed E-state index contributed by atoms with van der Waals surface area (Å²) in [6.07, 6.45) is 1.58. The molecule has 1 rings (SSSR count). The summed E-state index contributed by atoms with van der Waals surface area (Å²) in [5, 5.41) is 15.7. The third-order valence-electron chi connectivity index (χ3n) is 6.01. The summed E-state index contributed by atoms with van der Waals surface area (Å²) in [6.45, 7) is 18.3. The van der Waals surface area contributed by atoms with Gasteiger partial charge in [0.15, 0.2) is 0 Å². The van der Waals surface area contributed by atoms with Crippen LogP contribution in [-0.4, -0.2) is 51.1 Å². The molecule has 3 atom stereocenters. The summed E-state index contributed by atoms with van der Waals surface area (Å²) in [7, 11) is 0. The summed E-state index contributed by atoms with van der Waals surface area (Å²) in [6, 6.07) is 2.95. The number of alkyl carbamates (subject to hydrolysis) is 1. The van der Waals surface area contributed by atoms with Crippen LogP contribution < -0.4 is 10.6 Å². The molecule has 0 aromatic heterocycles. The van der Waals surface area contributed by atoms with Gasteiger partial charge in [-0.05, 0) is 91.5 Å². The molecule has 0 fully saturated rings. The first kappa shape index (κ1) is 30.3. The summed E-state index contributed by atoms with van der Waals surface area (Å²) in [5.74, 6) is -0.605. The number of hydrogen-bond donors (Lipinski definition) is 3. The average Bonchev–Trinajstić information content (AvgIpc) is 2.71. The van der Waals surface area contributed by atoms with Gasteiger partial charge in [0.25, 0.3) is 0 Å². The SMILES string of the molecule is CCCC(C)NC(=O)C(c1ccc(O)c(C)c1)N(C(=O)C(C)NC(=O)OC(C)(C)C)C(C)(C)CC. The van der Waals surface area contributed by atoms with E-state index < -0.39 is 35.2 Å². The number of aromatic hydroxyl groups is 1. The van der Waals surface area contributed by atoms with Crippen LogP contribution in [0, 0.1) is 6.92 Å². The van der Waals surface area contributed by atoms with Crippen LogP contribution in [-0.2, 0) is 14.3 Å². The third-order valence-corrected chi connectivity index (χ3v) is 6.01. The van der Waals surface area contributed by atoms with Crippen molar-refractivity contribution < 1.29 is 24.2 Å². The maximum atomic E-state index is 13.9. The van der Waals surface area contributed by atoms with E-state index in [2.05, 4.69) is 10.6 Å². The van der Waals surface area contributed by atoms with Crippen LogP contribution in [0.4, 0.5) is 4.79 Å². The molecule has 0 aliphatic carbocycles. The van der Waals surface area contributed by atoms with Gasteiger partial charge in [-0.2, -0.15) is 0 Å². The second-order valence-corrected chi connectivity index (χ2v) is 10.9. The number of phenolic OH excluding ortho intramolecular Hbond substituents is 1. The third kappa shape index (κ3) is 8.75. The smallest absolute Gasteiger partial charge is 0.408 e. The minimum Gasteiger partial charge on any atom is -0.508 e. The van der Waals surface area contributed by atoms with E-state index in [1.165, 1.54) is 6.07 Å². The van der Waals surface area contributed by atoms with Crippen LogP contribution in [0.15, 0.2) is 18.2 Å². The maximum Gasteiger partial charge on any atom is 0.408 e. The number of ether oxygens (including phenoxy) is 1. The quantitative estimate of drug-likeness (QED) is 0.428. The Morgan fingerprint density at radius 1 is 1.06 bits per heavy atom. The molecule has 198 valence electrons. The minimum atomic E-state index is -0.959. The molecular formula is C27H45N3O5. The van der Waals surface area contributed by atoms with Gasteiger partial charge in [-0.15, -0.1) is 0 Å². The van der Waals surface area contributed by atoms with Crippen LogP contribution >= 0.6 is 0 Å². The van der Waals surface area contributed by atoms with Gasteiger partial charge < -0.3 is 25.4 Å². The van der Waals surface area contributed by atoms with Crippen LogP contribution in [0.5, 0.6) is 5.75 Å². The minimum absolute atomic E-state index is 0.0767. The number of amides is 3. The molecule has 3 N–H and O–H groups in total. The largest absolute Gasteiger partial charge is 0.508 e. The summed E-state index contributed by atoms with van der Waals surface area (Å²) < 4.78 is 5.32. The summed E-state index contributed by atoms with van der Waals surface area (Å²) >= 11 is 0. The molecule has 35 heavy (non-hydrogen) atoms. The Morgan fingerprint density at radius 2 is 1.66 bits per heavy atom. The topological polar surface area (TPSA) is 108 Å². The lowest BCUT2D eigenvalue weighted by Crippen LogP contribution is -2.59. The van der Waals surface area contributed by atoms with Gasteiger partial charge in [0.05, 0.1) is 0 Å². The Morgan fingerprint density at radius 3 is 2.14 bits per heavy atom. The second-order valence-electron chi connectivity index (χ2n) is 10.9. The molecular weight excluding hydrogens is 446 g/mol. The highest BCUT2D eigenvalue weighted by Gasteiger charge is 2.42. The van der Waals surface area contributed by atoms with Crippen molar-refractivity contribution in [1.82, 2.24) is 15.5 Å². The normalized spacial score (nSPS) is 14.5. The molecule has 0 spiro atoms. The molecule has 8 nitrogen and oxygen atoms in total. The Bertz CT molecular complexity index is 891. The van der Waals surface area contributed by atoms with Gasteiger partial charge in [-0.3, -0.25) is 9.59 Å². The zero-order valence-corrected chi connectivity index (χ0v) is 23.1. The number of nitrogens with one attached hydrogen (secondary N) is 2. The predicted octanol–water partition coefficient (Wildman–Crippen LogP) is 4.98. The van der Waals surface area contributed by atoms with Crippen molar-refractivity contribution in [2.75, 3.05) is 0 Å². The van der Waals surface area contributed by atoms with Gasteiger partial charge in [0.1, 0.15) is 23.4 Å². The van der Waals surface area contributed by atoms with Gasteiger partial charge in [0.2, 0.25) is 11.8 Å². The Hall–Kier alpha value is -2.77. The Balaban J connectivity index is 3.52. The predicted molar refractivity (Wildman–Crippen MR) is 138 cm³/mol. The van der Waals surface area contributed by atoms with Crippen molar-refractivity contribution in [3.8, 4) is 5.75 Å². The van der Waals surface area contributed by atoms with Crippen molar-refractivity contribution in [3.05, 3.63) is 29.3 Å². The molecule has 0 saturated carbocycles. The molecule has 1 aromatic carbocycles. The van der Waals surface area contributed by atoms with E-state index >= 15 is 0 Å². The highest BCUT2D eigenvalue weighted by Crippen LogP contribution is 2.34. The number of aryl methyl sites for hydroxylation is 1. The summed E-state index contributed by atoms with van der Waals surface area (Å²) in [4.78, 5) is 41.5. The number of rotatable bonds is 10. The van der Waals surface area contributed by atoms with Gasteiger partial charge in [-0.1, -0.05) is 26.3 Å². The zero-order valence-electron chi connectivity index (χ0n) is 23.1. The first-order valence-corrected chi connectivity index (χ1v) is 12.5. The molecule has 8 heteroatoms. The number of carbonyl (C=O) groups is 3. The van der Waals surface area contributed by atoms with Crippen LogP contribution in [0.1, 0.15) is 98.7 Å². The van der Waals surface area contributed by atoms with E-state index in [9.17, 15) is 19.5 Å². The fraction of sp³-hybridized carbons (Fsp3) is 0.667. The fourth-order valence-electron chi connectivity index (χ4n) is 3.79. The number of benzene rings is 1. The van der Waals surface area contributed by atoms with Crippen molar-refractivity contribution in [2.45, 2.75) is 118 Å². The highest BCUT2D eigenvalue weighted by atomic mass is 16.6. The fourth-order valence-corrected chi connectivity index (χ4v) is 3.79. The molecule has 0 aliphatic heterocycles. The number of carbonyl (C=O) groups excluding carboxylic acids is 3. The monoisotopic (exact) mass is 491 g/mol. The second kappa shape index (κ2) is 12.3. The molecule has 0 saturated heterocycles. The number of hydrogen-bond acceptors (Lipinski definition) is 5. The zero-order chi connectivity index (χ0) is 27.1. The molecule has 0 radical (unpaired) electrons. The van der Waals surface area contributed by atoms with E-state index in [0.717, 1.165) is 12.8 Å². The molecule has 0 heterocycles. The first-order chi connectivity index (χ1) is 16.0. The van der Waals surface area contributed by atoms with E-state index in [1.54, 1.807) is 51.7 Å². The lowest BCUT2D eigenvalue weighted by molar-refractivity contribution is -0.149. The summed E-state index contributed by atoms with van der Waals surface area (Å²) in [5.41, 5.74) is -0.247. The lowest BCUT2D eigenvalue weighted by Gasteiger charge is -2.44. The van der Waals surface area contributed by atoms with Crippen molar-refractivity contribution in [1.29, 1.82) is 0 Å². The molecule has 1 aromatic rings. The van der Waals surface area contributed by atoms with Gasteiger partial charge >= 0.3 is 6.09 Å². The Kier molecular flexibility index (Phi) is 10.6. The maximum absolute atomic E-state index is 13.9. The van der Waals surface area contributed by atoms with Crippen LogP contribution in [0.2, 0.25) is 0 Å². The molecule has 0 aliphatic rings. The lowest BCUT2D eigenvalue weighted by atomic mass is 9.91. The van der Waals surface area contributed by atoms with Crippen molar-refractivity contribution in [2.24, 2.45) is 0 Å². The molecule has 0 bridgehead atoms. The van der Waals surface area contributed by atoms with Crippen molar-refractivity contribution in [3.63, 3.8) is 0 Å². The van der Waals surface area contributed by atoms with E-state index in [1.807, 2.05) is 34.6 Å². The Labute approximate surface area is 210 Å².